The Morgan fingerprint density at radius 2 is 2.12 bits per heavy atom. The lowest BCUT2D eigenvalue weighted by Gasteiger charge is -1.73. The Balaban J connectivity index is 3.14. The van der Waals surface area contributed by atoms with E-state index in [1.807, 2.05) is 0 Å². The maximum absolute atomic E-state index is 12.0. The van der Waals surface area contributed by atoms with Crippen LogP contribution in [-0.2, 0) is 0 Å². The van der Waals surface area contributed by atoms with Crippen LogP contribution >= 0.6 is 11.3 Å². The Kier molecular flexibility index (Phi) is 1.05. The minimum absolute atomic E-state index is 0.0440. The molecule has 1 heterocycles. The molecule has 0 spiro atoms. The predicted octanol–water partition coefficient (Wildman–Crippen LogP) is 0.447. The number of nitrogens with two attached hydrogens (primary N) is 2. The first kappa shape index (κ1) is 5.30. The molecule has 0 aliphatic rings. The van der Waals surface area contributed by atoms with Gasteiger partial charge in [0.05, 0.1) is 0 Å². The highest BCUT2D eigenvalue weighted by molar-refractivity contribution is 7.19. The van der Waals surface area contributed by atoms with Gasteiger partial charge in [-0.15, -0.1) is 0 Å². The summed E-state index contributed by atoms with van der Waals surface area (Å²) in [5, 5.41) is 0.211. The lowest BCUT2D eigenvalue weighted by molar-refractivity contribution is 0.597. The fourth-order valence-corrected chi connectivity index (χ4v) is 0.810. The third kappa shape index (κ3) is 0.717. The van der Waals surface area contributed by atoms with Crippen LogP contribution in [0.4, 0.5) is 14.5 Å². The molecule has 0 unspecified atom stereocenters. The van der Waals surface area contributed by atoms with E-state index in [4.69, 9.17) is 11.5 Å². The van der Waals surface area contributed by atoms with Crippen LogP contribution < -0.4 is 11.5 Å². The molecule has 4 N–H and O–H groups in total. The lowest BCUT2D eigenvalue weighted by atomic mass is 10.8. The number of hydrogen-bond acceptors (Lipinski definition) is 4. The van der Waals surface area contributed by atoms with Crippen molar-refractivity contribution in [3.8, 4) is 0 Å². The van der Waals surface area contributed by atoms with Crippen LogP contribution in [0, 0.1) is 5.95 Å². The highest BCUT2D eigenvalue weighted by Gasteiger charge is 2.01. The molecule has 1 aromatic rings. The fourth-order valence-electron chi connectivity index (χ4n) is 0.329. The van der Waals surface area contributed by atoms with Crippen LogP contribution in [0.3, 0.4) is 0 Å². The van der Waals surface area contributed by atoms with Gasteiger partial charge in [-0.1, -0.05) is 11.3 Å². The van der Waals surface area contributed by atoms with Crippen molar-refractivity contribution in [3.63, 3.8) is 0 Å². The second-order valence-corrected chi connectivity index (χ2v) is 2.27. The molecule has 0 aromatic carbocycles. The van der Waals surface area contributed by atoms with Crippen molar-refractivity contribution in [2.24, 2.45) is 0 Å². The zero-order valence-electron chi connectivity index (χ0n) is 3.89. The van der Waals surface area contributed by atoms with E-state index < -0.39 is 5.95 Å². The van der Waals surface area contributed by atoms with Crippen molar-refractivity contribution >= 4 is 21.5 Å². The standard InChI is InChI=1S/C3H4FN3S/c4-1-2(5)8-3(6)7-1/h5H2,(H2,6,7). The number of nitrogen functional groups attached to an aromatic ring is 2. The van der Waals surface area contributed by atoms with Gasteiger partial charge in [-0.2, -0.15) is 9.37 Å². The van der Waals surface area contributed by atoms with Crippen LogP contribution in [-0.4, -0.2) is 4.98 Å². The zero-order chi connectivity index (χ0) is 6.15. The van der Waals surface area contributed by atoms with Gasteiger partial charge >= 0.3 is 0 Å². The minimum Gasteiger partial charge on any atom is -0.387 e. The quantitative estimate of drug-likeness (QED) is 0.540. The normalized spacial score (nSPS) is 9.62. The van der Waals surface area contributed by atoms with Gasteiger partial charge in [-0.05, 0) is 0 Å². The van der Waals surface area contributed by atoms with Gasteiger partial charge in [-0.25, -0.2) is 0 Å². The molecule has 0 aliphatic heterocycles. The first-order valence-corrected chi connectivity index (χ1v) is 2.69. The summed E-state index contributed by atoms with van der Waals surface area (Å²) in [4.78, 5) is 3.22. The summed E-state index contributed by atoms with van der Waals surface area (Å²) in [6.07, 6.45) is 0. The molecule has 1 rings (SSSR count). The Labute approximate surface area is 49.1 Å². The number of rotatable bonds is 0. The molecule has 1 aromatic heterocycles. The first-order chi connectivity index (χ1) is 3.70. The smallest absolute Gasteiger partial charge is 0.249 e. The molecular weight excluding hydrogens is 129 g/mol. The molecule has 0 aliphatic carbocycles. The highest BCUT2D eigenvalue weighted by Crippen LogP contribution is 2.19. The fraction of sp³-hybridized carbons (Fsp3) is 0. The third-order valence-corrected chi connectivity index (χ3v) is 1.31. The predicted molar refractivity (Wildman–Crippen MR) is 30.9 cm³/mol. The molecule has 0 bridgehead atoms. The van der Waals surface area contributed by atoms with Crippen molar-refractivity contribution in [1.82, 2.24) is 4.98 Å². The average Bonchev–Trinajstić information content (AvgIpc) is 1.85. The van der Waals surface area contributed by atoms with Crippen LogP contribution in [0.15, 0.2) is 0 Å². The molecule has 0 radical (unpaired) electrons. The van der Waals surface area contributed by atoms with Gasteiger partial charge in [-0.3, -0.25) is 0 Å². The van der Waals surface area contributed by atoms with Crippen molar-refractivity contribution in [1.29, 1.82) is 0 Å². The number of aromatic nitrogens is 1. The Morgan fingerprint density at radius 3 is 2.25 bits per heavy atom. The molecule has 8 heavy (non-hydrogen) atoms. The summed E-state index contributed by atoms with van der Waals surface area (Å²) < 4.78 is 12.0. The summed E-state index contributed by atoms with van der Waals surface area (Å²) >= 11 is 0.939. The summed E-state index contributed by atoms with van der Waals surface area (Å²) in [6, 6.07) is 0. The number of anilines is 2. The summed E-state index contributed by atoms with van der Waals surface area (Å²) in [7, 11) is 0. The molecule has 0 saturated carbocycles. The van der Waals surface area contributed by atoms with Crippen molar-refractivity contribution < 1.29 is 4.39 Å². The van der Waals surface area contributed by atoms with Crippen LogP contribution in [0.1, 0.15) is 0 Å². The SMILES string of the molecule is Nc1nc(F)c(N)s1. The van der Waals surface area contributed by atoms with Gasteiger partial charge in [0, 0.05) is 0 Å². The second kappa shape index (κ2) is 1.59. The highest BCUT2D eigenvalue weighted by atomic mass is 32.1. The average molecular weight is 133 g/mol. The van der Waals surface area contributed by atoms with Gasteiger partial charge in [0.25, 0.3) is 0 Å². The summed E-state index contributed by atoms with van der Waals surface area (Å²) in [6.45, 7) is 0. The number of hydrogen-bond donors (Lipinski definition) is 2. The Hall–Kier alpha value is -0.840. The molecule has 3 nitrogen and oxygen atoms in total. The molecule has 0 atom stereocenters. The number of nitrogens with zero attached hydrogens (tertiary/aromatic N) is 1. The first-order valence-electron chi connectivity index (χ1n) is 1.87. The van der Waals surface area contributed by atoms with Gasteiger partial charge in [0.15, 0.2) is 5.13 Å². The van der Waals surface area contributed by atoms with Crippen LogP contribution in [0.2, 0.25) is 0 Å². The molecule has 5 heteroatoms. The molecule has 0 saturated heterocycles. The summed E-state index contributed by atoms with van der Waals surface area (Å²) in [5.41, 5.74) is 10.1. The van der Waals surface area contributed by atoms with Gasteiger partial charge in [0.2, 0.25) is 5.95 Å². The van der Waals surface area contributed by atoms with E-state index in [-0.39, 0.29) is 10.1 Å². The van der Waals surface area contributed by atoms with E-state index in [9.17, 15) is 4.39 Å². The molecular formula is C3H4FN3S. The van der Waals surface area contributed by atoms with Crippen molar-refractivity contribution in [3.05, 3.63) is 5.95 Å². The molecule has 0 amide bonds. The lowest BCUT2D eigenvalue weighted by Crippen LogP contribution is -1.83. The minimum atomic E-state index is -0.674. The Bertz CT molecular complexity index is 177. The van der Waals surface area contributed by atoms with Crippen molar-refractivity contribution in [2.75, 3.05) is 11.5 Å². The van der Waals surface area contributed by atoms with E-state index in [2.05, 4.69) is 4.98 Å². The topological polar surface area (TPSA) is 64.9 Å². The maximum atomic E-state index is 12.0. The van der Waals surface area contributed by atoms with Crippen LogP contribution in [0.5, 0.6) is 0 Å². The second-order valence-electron chi connectivity index (χ2n) is 1.21. The summed E-state index contributed by atoms with van der Waals surface area (Å²) in [5.74, 6) is -0.674. The monoisotopic (exact) mass is 133 g/mol. The zero-order valence-corrected chi connectivity index (χ0v) is 4.70. The van der Waals surface area contributed by atoms with E-state index in [0.29, 0.717) is 0 Å². The molecule has 0 fully saturated rings. The Morgan fingerprint density at radius 1 is 1.50 bits per heavy atom. The number of halogens is 1. The van der Waals surface area contributed by atoms with Gasteiger partial charge in [0.1, 0.15) is 5.00 Å². The third-order valence-electron chi connectivity index (χ3n) is 0.626. The van der Waals surface area contributed by atoms with E-state index in [1.165, 1.54) is 0 Å². The maximum Gasteiger partial charge on any atom is 0.249 e. The number of thiazole rings is 1. The molecule has 44 valence electrons. The van der Waals surface area contributed by atoms with Gasteiger partial charge < -0.3 is 11.5 Å². The van der Waals surface area contributed by atoms with Crippen LogP contribution in [0.25, 0.3) is 0 Å². The van der Waals surface area contributed by atoms with E-state index in [1.54, 1.807) is 0 Å². The van der Waals surface area contributed by atoms with E-state index >= 15 is 0 Å². The largest absolute Gasteiger partial charge is 0.387 e. The van der Waals surface area contributed by atoms with E-state index in [0.717, 1.165) is 11.3 Å². The van der Waals surface area contributed by atoms with Crippen molar-refractivity contribution in [2.45, 2.75) is 0 Å².